The minimum absolute atomic E-state index is 0.0362. The zero-order chi connectivity index (χ0) is 15.2. The summed E-state index contributed by atoms with van der Waals surface area (Å²) < 4.78 is 6.60. The second kappa shape index (κ2) is 5.24. The summed E-state index contributed by atoms with van der Waals surface area (Å²) >= 11 is 0. The standard InChI is InChI=1S/C17H32O2Si/c1-16(2,3)20(5,6)19-14-10-11-17(4)13(12-14)8-7-9-15(17)18/h13-14H,7-12H2,1-6H3/t13-,14+,17+/m1/s1. The number of hydrogen-bond acceptors (Lipinski definition) is 2. The van der Waals surface area contributed by atoms with E-state index in [1.54, 1.807) is 0 Å². The van der Waals surface area contributed by atoms with Gasteiger partial charge in [-0.3, -0.25) is 4.79 Å². The van der Waals surface area contributed by atoms with E-state index >= 15 is 0 Å². The summed E-state index contributed by atoms with van der Waals surface area (Å²) in [5.41, 5.74) is -0.0362. The summed E-state index contributed by atoms with van der Waals surface area (Å²) in [6, 6.07) is 0. The molecule has 0 bridgehead atoms. The van der Waals surface area contributed by atoms with Gasteiger partial charge in [-0.05, 0) is 56.2 Å². The highest BCUT2D eigenvalue weighted by Crippen LogP contribution is 2.50. The maximum atomic E-state index is 12.3. The van der Waals surface area contributed by atoms with Gasteiger partial charge >= 0.3 is 0 Å². The number of carbonyl (C=O) groups excluding carboxylic acids is 1. The first kappa shape index (κ1) is 16.2. The Morgan fingerprint density at radius 1 is 1.25 bits per heavy atom. The number of fused-ring (bicyclic) bond motifs is 1. The maximum absolute atomic E-state index is 12.3. The van der Waals surface area contributed by atoms with Crippen LogP contribution in [0, 0.1) is 11.3 Å². The van der Waals surface area contributed by atoms with E-state index in [2.05, 4.69) is 40.8 Å². The summed E-state index contributed by atoms with van der Waals surface area (Å²) in [5, 5.41) is 0.274. The second-order valence-electron chi connectivity index (χ2n) is 8.70. The van der Waals surface area contributed by atoms with Crippen molar-refractivity contribution in [3.63, 3.8) is 0 Å². The van der Waals surface area contributed by atoms with E-state index in [9.17, 15) is 4.79 Å². The highest BCUT2D eigenvalue weighted by molar-refractivity contribution is 6.74. The molecule has 0 aromatic carbocycles. The van der Waals surface area contributed by atoms with E-state index in [1.807, 2.05) is 0 Å². The molecular weight excluding hydrogens is 264 g/mol. The minimum Gasteiger partial charge on any atom is -0.414 e. The quantitative estimate of drug-likeness (QED) is 0.675. The molecule has 0 aromatic rings. The number of Topliss-reactive ketones (excluding diaryl/α,β-unsaturated/α-hetero) is 1. The predicted molar refractivity (Wildman–Crippen MR) is 86.4 cm³/mol. The molecule has 2 saturated carbocycles. The van der Waals surface area contributed by atoms with Crippen molar-refractivity contribution in [3.8, 4) is 0 Å². The van der Waals surface area contributed by atoms with E-state index < -0.39 is 8.32 Å². The van der Waals surface area contributed by atoms with Crippen molar-refractivity contribution < 1.29 is 9.22 Å². The smallest absolute Gasteiger partial charge is 0.192 e. The van der Waals surface area contributed by atoms with Gasteiger partial charge in [0.1, 0.15) is 5.78 Å². The highest BCUT2D eigenvalue weighted by atomic mass is 28.4. The first-order chi connectivity index (χ1) is 9.06. The van der Waals surface area contributed by atoms with Gasteiger partial charge in [-0.1, -0.05) is 27.7 Å². The van der Waals surface area contributed by atoms with E-state index in [0.717, 1.165) is 32.1 Å². The molecule has 0 saturated heterocycles. The van der Waals surface area contributed by atoms with E-state index in [0.29, 0.717) is 17.8 Å². The van der Waals surface area contributed by atoms with Gasteiger partial charge < -0.3 is 4.43 Å². The fraction of sp³-hybridized carbons (Fsp3) is 0.941. The van der Waals surface area contributed by atoms with Crippen molar-refractivity contribution in [3.05, 3.63) is 0 Å². The summed E-state index contributed by atoms with van der Waals surface area (Å²) in [7, 11) is -1.68. The number of rotatable bonds is 2. The molecule has 2 fully saturated rings. The summed E-state index contributed by atoms with van der Waals surface area (Å²) in [6.45, 7) is 13.8. The van der Waals surface area contributed by atoms with Crippen LogP contribution in [0.15, 0.2) is 0 Å². The molecule has 20 heavy (non-hydrogen) atoms. The highest BCUT2D eigenvalue weighted by Gasteiger charge is 2.48. The van der Waals surface area contributed by atoms with Crippen LogP contribution in [-0.4, -0.2) is 20.2 Å². The van der Waals surface area contributed by atoms with Gasteiger partial charge in [0.25, 0.3) is 0 Å². The minimum atomic E-state index is -1.68. The first-order valence-electron chi connectivity index (χ1n) is 8.27. The normalized spacial score (nSPS) is 35.8. The first-order valence-corrected chi connectivity index (χ1v) is 11.2. The Bertz CT molecular complexity index is 383. The van der Waals surface area contributed by atoms with Crippen molar-refractivity contribution in [1.29, 1.82) is 0 Å². The molecule has 2 nitrogen and oxygen atoms in total. The number of ketones is 1. The Balaban J connectivity index is 2.04. The molecule has 2 aliphatic carbocycles. The maximum Gasteiger partial charge on any atom is 0.192 e. The van der Waals surface area contributed by atoms with Crippen LogP contribution in [0.5, 0.6) is 0 Å². The van der Waals surface area contributed by atoms with E-state index in [4.69, 9.17) is 4.43 Å². The van der Waals surface area contributed by atoms with Gasteiger partial charge in [0, 0.05) is 17.9 Å². The number of carbonyl (C=O) groups is 1. The lowest BCUT2D eigenvalue weighted by molar-refractivity contribution is -0.138. The average molecular weight is 297 g/mol. The third-order valence-electron chi connectivity index (χ3n) is 6.30. The van der Waals surface area contributed by atoms with Gasteiger partial charge in [0.05, 0.1) is 0 Å². The zero-order valence-electron chi connectivity index (χ0n) is 14.2. The molecule has 2 aliphatic rings. The van der Waals surface area contributed by atoms with Crippen molar-refractivity contribution in [2.45, 2.75) is 90.5 Å². The fourth-order valence-corrected chi connectivity index (χ4v) is 5.06. The lowest BCUT2D eigenvalue weighted by Gasteiger charge is -2.48. The SMILES string of the molecule is CC(C)(C)[Si](C)(C)O[C@H]1CC[C@]2(C)C(=O)CCC[C@@H]2C1. The summed E-state index contributed by atoms with van der Waals surface area (Å²) in [4.78, 5) is 12.3. The third kappa shape index (κ3) is 2.89. The molecule has 2 rings (SSSR count). The van der Waals surface area contributed by atoms with Crippen LogP contribution in [0.3, 0.4) is 0 Å². The summed E-state index contributed by atoms with van der Waals surface area (Å²) in [5.74, 6) is 1.08. The van der Waals surface area contributed by atoms with Crippen LogP contribution in [-0.2, 0) is 9.22 Å². The molecule has 0 spiro atoms. The summed E-state index contributed by atoms with van der Waals surface area (Å²) in [6.07, 6.45) is 6.72. The van der Waals surface area contributed by atoms with Crippen molar-refractivity contribution >= 4 is 14.1 Å². The average Bonchev–Trinajstić information content (AvgIpc) is 2.30. The monoisotopic (exact) mass is 296 g/mol. The molecular formula is C17H32O2Si. The fourth-order valence-electron chi connectivity index (χ4n) is 3.66. The lowest BCUT2D eigenvalue weighted by atomic mass is 9.59. The molecule has 0 N–H and O–H groups in total. The van der Waals surface area contributed by atoms with Crippen molar-refractivity contribution in [2.24, 2.45) is 11.3 Å². The third-order valence-corrected chi connectivity index (χ3v) is 10.8. The van der Waals surface area contributed by atoms with E-state index in [1.165, 1.54) is 6.42 Å². The molecule has 0 aromatic heterocycles. The Labute approximate surface area is 125 Å². The van der Waals surface area contributed by atoms with Crippen LogP contribution in [0.1, 0.15) is 66.2 Å². The Kier molecular flexibility index (Phi) is 4.25. The molecule has 116 valence electrons. The van der Waals surface area contributed by atoms with Crippen LogP contribution in [0.4, 0.5) is 0 Å². The van der Waals surface area contributed by atoms with Crippen LogP contribution >= 0.6 is 0 Å². The predicted octanol–water partition coefficient (Wildman–Crippen LogP) is 4.94. The Morgan fingerprint density at radius 3 is 2.50 bits per heavy atom. The molecule has 3 atom stereocenters. The van der Waals surface area contributed by atoms with Gasteiger partial charge in [0.2, 0.25) is 0 Å². The van der Waals surface area contributed by atoms with Crippen LogP contribution in [0.2, 0.25) is 18.1 Å². The van der Waals surface area contributed by atoms with Crippen molar-refractivity contribution in [1.82, 2.24) is 0 Å². The van der Waals surface area contributed by atoms with Gasteiger partial charge in [-0.2, -0.15) is 0 Å². The second-order valence-corrected chi connectivity index (χ2v) is 13.5. The molecule has 0 unspecified atom stereocenters. The topological polar surface area (TPSA) is 26.3 Å². The molecule has 0 heterocycles. The molecule has 0 aliphatic heterocycles. The molecule has 3 heteroatoms. The Morgan fingerprint density at radius 2 is 1.90 bits per heavy atom. The van der Waals surface area contributed by atoms with Gasteiger partial charge in [-0.15, -0.1) is 0 Å². The van der Waals surface area contributed by atoms with Gasteiger partial charge in [0.15, 0.2) is 8.32 Å². The molecule has 0 radical (unpaired) electrons. The van der Waals surface area contributed by atoms with Gasteiger partial charge in [-0.25, -0.2) is 0 Å². The van der Waals surface area contributed by atoms with Crippen molar-refractivity contribution in [2.75, 3.05) is 0 Å². The Hall–Kier alpha value is -0.153. The number of hydrogen-bond donors (Lipinski definition) is 0. The van der Waals surface area contributed by atoms with Crippen LogP contribution in [0.25, 0.3) is 0 Å². The molecule has 0 amide bonds. The zero-order valence-corrected chi connectivity index (χ0v) is 15.2. The lowest BCUT2D eigenvalue weighted by Crippen LogP contribution is -2.49. The largest absolute Gasteiger partial charge is 0.414 e. The van der Waals surface area contributed by atoms with E-state index in [-0.39, 0.29) is 10.5 Å². The van der Waals surface area contributed by atoms with Crippen LogP contribution < -0.4 is 0 Å².